The minimum absolute atomic E-state index is 0.222. The molecule has 1 aromatic heterocycles. The van der Waals surface area contributed by atoms with Crippen molar-refractivity contribution >= 4 is 15.8 Å². The molecule has 17 heavy (non-hydrogen) atoms. The van der Waals surface area contributed by atoms with Gasteiger partial charge in [-0.05, 0) is 7.05 Å². The first-order valence-electron chi connectivity index (χ1n) is 4.80. The molecule has 1 aliphatic heterocycles. The molecule has 8 heteroatoms. The van der Waals surface area contributed by atoms with Crippen molar-refractivity contribution in [1.82, 2.24) is 14.9 Å². The summed E-state index contributed by atoms with van der Waals surface area (Å²) in [6, 6.07) is 0. The average molecular weight is 257 g/mol. The number of hydrogen-bond donors (Lipinski definition) is 1. The lowest BCUT2D eigenvalue weighted by Gasteiger charge is -2.04. The van der Waals surface area contributed by atoms with Crippen LogP contribution in [0, 0.1) is 0 Å². The molecule has 0 saturated carbocycles. The van der Waals surface area contributed by atoms with Gasteiger partial charge in [-0.25, -0.2) is 23.2 Å². The average Bonchev–Trinajstić information content (AvgIpc) is 2.54. The van der Waals surface area contributed by atoms with E-state index in [4.69, 9.17) is 5.11 Å². The molecular formula is C9H11N3O4S. The monoisotopic (exact) mass is 257 g/mol. The molecule has 0 bridgehead atoms. The molecule has 0 amide bonds. The first kappa shape index (κ1) is 11.9. The second kappa shape index (κ2) is 3.74. The van der Waals surface area contributed by atoms with E-state index in [9.17, 15) is 13.2 Å². The quantitative estimate of drug-likeness (QED) is 0.714. The number of hydrogen-bond acceptors (Lipinski definition) is 6. The first-order chi connectivity index (χ1) is 7.79. The summed E-state index contributed by atoms with van der Waals surface area (Å²) in [6.07, 6.45) is 0.957. The Hall–Kier alpha value is -1.54. The van der Waals surface area contributed by atoms with Gasteiger partial charge in [0.25, 0.3) is 0 Å². The summed E-state index contributed by atoms with van der Waals surface area (Å²) in [4.78, 5) is 20.4. The molecule has 0 fully saturated rings. The van der Waals surface area contributed by atoms with Gasteiger partial charge in [-0.2, -0.15) is 0 Å². The highest BCUT2D eigenvalue weighted by Gasteiger charge is 2.28. The Kier molecular flexibility index (Phi) is 2.63. The number of nitrogens with zero attached hydrogens (tertiary/aromatic N) is 3. The van der Waals surface area contributed by atoms with Gasteiger partial charge in [0.15, 0.2) is 5.69 Å². The van der Waals surface area contributed by atoms with Crippen molar-refractivity contribution in [3.8, 4) is 0 Å². The summed E-state index contributed by atoms with van der Waals surface area (Å²) in [5.41, 5.74) is 0.743. The number of rotatable bonds is 2. The van der Waals surface area contributed by atoms with E-state index in [2.05, 4.69) is 9.97 Å². The van der Waals surface area contributed by atoms with E-state index in [-0.39, 0.29) is 5.69 Å². The number of aromatic nitrogens is 2. The third-order valence-corrected chi connectivity index (χ3v) is 3.30. The van der Waals surface area contributed by atoms with Crippen LogP contribution in [0.1, 0.15) is 21.7 Å². The topological polar surface area (TPSA) is 100 Å². The van der Waals surface area contributed by atoms with Crippen LogP contribution in [0.3, 0.4) is 0 Å². The Bertz CT molecular complexity index is 597. The van der Waals surface area contributed by atoms with E-state index in [1.807, 2.05) is 4.90 Å². The van der Waals surface area contributed by atoms with E-state index >= 15 is 0 Å². The van der Waals surface area contributed by atoms with Crippen molar-refractivity contribution in [2.75, 3.05) is 13.3 Å². The Morgan fingerprint density at radius 1 is 1.35 bits per heavy atom. The van der Waals surface area contributed by atoms with Gasteiger partial charge in [0.1, 0.15) is 0 Å². The fourth-order valence-corrected chi connectivity index (χ4v) is 2.26. The van der Waals surface area contributed by atoms with Crippen LogP contribution in [0.4, 0.5) is 0 Å². The van der Waals surface area contributed by atoms with E-state index in [0.717, 1.165) is 6.26 Å². The minimum Gasteiger partial charge on any atom is -0.476 e. The van der Waals surface area contributed by atoms with Crippen molar-refractivity contribution in [1.29, 1.82) is 0 Å². The van der Waals surface area contributed by atoms with Crippen LogP contribution >= 0.6 is 0 Å². The molecule has 92 valence electrons. The minimum atomic E-state index is -3.60. The summed E-state index contributed by atoms with van der Waals surface area (Å²) in [5, 5.41) is 8.59. The Morgan fingerprint density at radius 2 is 2.00 bits per heavy atom. The molecule has 0 radical (unpaired) electrons. The SMILES string of the molecule is CN1Cc2nc(S(C)(=O)=O)nc(C(=O)O)c2C1. The second-order valence-electron chi connectivity index (χ2n) is 4.03. The van der Waals surface area contributed by atoms with Crippen molar-refractivity contribution in [3.05, 3.63) is 17.0 Å². The molecule has 0 spiro atoms. The van der Waals surface area contributed by atoms with Gasteiger partial charge >= 0.3 is 5.97 Å². The highest BCUT2D eigenvalue weighted by atomic mass is 32.2. The zero-order chi connectivity index (χ0) is 12.8. The number of carboxylic acid groups (broad SMARTS) is 1. The van der Waals surface area contributed by atoms with Crippen LogP contribution in [0.2, 0.25) is 0 Å². The van der Waals surface area contributed by atoms with Crippen molar-refractivity contribution < 1.29 is 18.3 Å². The number of aromatic carboxylic acids is 1. The van der Waals surface area contributed by atoms with Gasteiger partial charge in [-0.15, -0.1) is 0 Å². The van der Waals surface area contributed by atoms with Crippen LogP contribution in [-0.2, 0) is 22.9 Å². The highest BCUT2D eigenvalue weighted by Crippen LogP contribution is 2.23. The predicted octanol–water partition coefficient (Wildman–Crippen LogP) is -0.476. The number of carboxylic acids is 1. The second-order valence-corrected chi connectivity index (χ2v) is 5.94. The lowest BCUT2D eigenvalue weighted by atomic mass is 10.2. The first-order valence-corrected chi connectivity index (χ1v) is 6.70. The standard InChI is InChI=1S/C9H11N3O4S/c1-12-3-5-6(4-12)10-9(17(2,15)16)11-7(5)8(13)14/h3-4H2,1-2H3,(H,13,14). The largest absolute Gasteiger partial charge is 0.476 e. The van der Waals surface area contributed by atoms with Crippen LogP contribution in [0.25, 0.3) is 0 Å². The van der Waals surface area contributed by atoms with E-state index < -0.39 is 21.0 Å². The molecule has 0 atom stereocenters. The van der Waals surface area contributed by atoms with Crippen molar-refractivity contribution in [2.45, 2.75) is 18.2 Å². The van der Waals surface area contributed by atoms with E-state index in [1.54, 1.807) is 7.05 Å². The summed E-state index contributed by atoms with van der Waals surface area (Å²) >= 11 is 0. The molecule has 2 rings (SSSR count). The summed E-state index contributed by atoms with van der Waals surface area (Å²) in [7, 11) is -1.80. The third-order valence-electron chi connectivity index (χ3n) is 2.45. The molecule has 0 aromatic carbocycles. The third kappa shape index (κ3) is 2.13. The molecule has 1 aliphatic rings. The van der Waals surface area contributed by atoms with Crippen molar-refractivity contribution in [3.63, 3.8) is 0 Å². The molecule has 1 aromatic rings. The van der Waals surface area contributed by atoms with Gasteiger partial charge in [0, 0.05) is 24.9 Å². The molecule has 7 nitrogen and oxygen atoms in total. The zero-order valence-corrected chi connectivity index (χ0v) is 10.2. The van der Waals surface area contributed by atoms with Gasteiger partial charge in [0.2, 0.25) is 15.0 Å². The number of fused-ring (bicyclic) bond motifs is 1. The van der Waals surface area contributed by atoms with Gasteiger partial charge in [-0.1, -0.05) is 0 Å². The fourth-order valence-electron chi connectivity index (χ4n) is 1.73. The molecular weight excluding hydrogens is 246 g/mol. The molecule has 2 heterocycles. The maximum atomic E-state index is 11.4. The lowest BCUT2D eigenvalue weighted by Crippen LogP contribution is -2.14. The van der Waals surface area contributed by atoms with Crippen molar-refractivity contribution in [2.24, 2.45) is 0 Å². The van der Waals surface area contributed by atoms with Crippen LogP contribution in [0.5, 0.6) is 0 Å². The number of sulfone groups is 1. The van der Waals surface area contributed by atoms with Crippen LogP contribution in [0.15, 0.2) is 5.16 Å². The molecule has 1 N–H and O–H groups in total. The smallest absolute Gasteiger partial charge is 0.355 e. The summed E-state index contributed by atoms with van der Waals surface area (Å²) in [5.74, 6) is -1.23. The Labute approximate surface area is 98.0 Å². The van der Waals surface area contributed by atoms with Gasteiger partial charge in [-0.3, -0.25) is 4.90 Å². The van der Waals surface area contributed by atoms with Crippen LogP contribution < -0.4 is 0 Å². The Balaban J connectivity index is 2.68. The maximum Gasteiger partial charge on any atom is 0.355 e. The summed E-state index contributed by atoms with van der Waals surface area (Å²) in [6.45, 7) is 0.849. The normalized spacial score (nSPS) is 15.9. The van der Waals surface area contributed by atoms with Crippen LogP contribution in [-0.4, -0.2) is 47.7 Å². The molecule has 0 unspecified atom stereocenters. The zero-order valence-electron chi connectivity index (χ0n) is 9.34. The molecule has 0 saturated heterocycles. The number of carbonyl (C=O) groups is 1. The molecule has 0 aliphatic carbocycles. The van der Waals surface area contributed by atoms with Gasteiger partial charge < -0.3 is 5.11 Å². The van der Waals surface area contributed by atoms with E-state index in [1.165, 1.54) is 0 Å². The predicted molar refractivity (Wildman–Crippen MR) is 57.3 cm³/mol. The van der Waals surface area contributed by atoms with Gasteiger partial charge in [0.05, 0.1) is 5.69 Å². The maximum absolute atomic E-state index is 11.4. The fraction of sp³-hybridized carbons (Fsp3) is 0.444. The van der Waals surface area contributed by atoms with E-state index in [0.29, 0.717) is 24.3 Å². The lowest BCUT2D eigenvalue weighted by molar-refractivity contribution is 0.0687. The highest BCUT2D eigenvalue weighted by molar-refractivity contribution is 7.90. The summed E-state index contributed by atoms with van der Waals surface area (Å²) < 4.78 is 22.7. The Morgan fingerprint density at radius 3 is 2.53 bits per heavy atom.